The molecule has 0 aromatic rings. The highest BCUT2D eigenvalue weighted by Crippen LogP contribution is 2.53. The van der Waals surface area contributed by atoms with Crippen molar-refractivity contribution in [1.29, 1.82) is 0 Å². The fourth-order valence-corrected chi connectivity index (χ4v) is 4.14. The van der Waals surface area contributed by atoms with Crippen LogP contribution < -0.4 is 11.5 Å². The summed E-state index contributed by atoms with van der Waals surface area (Å²) in [4.78, 5) is 0. The van der Waals surface area contributed by atoms with Crippen LogP contribution in [-0.4, -0.2) is 11.6 Å². The smallest absolute Gasteiger partial charge is 0.0315 e. The first-order valence-corrected chi connectivity index (χ1v) is 5.22. The van der Waals surface area contributed by atoms with Gasteiger partial charge < -0.3 is 11.5 Å². The lowest BCUT2D eigenvalue weighted by Gasteiger charge is -2.58. The van der Waals surface area contributed by atoms with Gasteiger partial charge in [0.15, 0.2) is 0 Å². The molecule has 68 valence electrons. The second kappa shape index (κ2) is 2.05. The molecule has 4 aliphatic carbocycles. The van der Waals surface area contributed by atoms with Crippen LogP contribution in [0.15, 0.2) is 0 Å². The quantitative estimate of drug-likeness (QED) is 0.560. The van der Waals surface area contributed by atoms with Crippen molar-refractivity contribution in [2.24, 2.45) is 29.2 Å². The van der Waals surface area contributed by atoms with E-state index in [1.807, 2.05) is 0 Å². The fourth-order valence-electron chi connectivity index (χ4n) is 4.14. The summed E-state index contributed by atoms with van der Waals surface area (Å²) >= 11 is 0. The summed E-state index contributed by atoms with van der Waals surface area (Å²) in [6.07, 6.45) is 6.61. The van der Waals surface area contributed by atoms with Gasteiger partial charge in [0.25, 0.3) is 0 Å². The predicted molar refractivity (Wildman–Crippen MR) is 48.4 cm³/mol. The van der Waals surface area contributed by atoms with Crippen LogP contribution in [0.2, 0.25) is 0 Å². The Morgan fingerprint density at radius 2 is 1.58 bits per heavy atom. The molecule has 4 N–H and O–H groups in total. The Hall–Kier alpha value is -0.0800. The van der Waals surface area contributed by atoms with Crippen molar-refractivity contribution in [2.75, 3.05) is 0 Å². The largest absolute Gasteiger partial charge is 0.326 e. The van der Waals surface area contributed by atoms with Gasteiger partial charge >= 0.3 is 0 Å². The molecule has 4 rings (SSSR count). The van der Waals surface area contributed by atoms with E-state index in [1.165, 1.54) is 32.1 Å². The van der Waals surface area contributed by atoms with Gasteiger partial charge in [0.05, 0.1) is 0 Å². The molecule has 4 bridgehead atoms. The summed E-state index contributed by atoms with van der Waals surface area (Å²) in [6.45, 7) is 0. The van der Waals surface area contributed by atoms with Crippen LogP contribution in [0.3, 0.4) is 0 Å². The van der Waals surface area contributed by atoms with Gasteiger partial charge in [-0.2, -0.15) is 0 Å². The second-order valence-electron chi connectivity index (χ2n) is 5.37. The first-order valence-electron chi connectivity index (χ1n) is 5.22. The van der Waals surface area contributed by atoms with E-state index in [9.17, 15) is 0 Å². The van der Waals surface area contributed by atoms with E-state index in [2.05, 4.69) is 0 Å². The number of hydrogen-bond donors (Lipinski definition) is 2. The molecular formula is C10H18N2. The summed E-state index contributed by atoms with van der Waals surface area (Å²) < 4.78 is 0. The van der Waals surface area contributed by atoms with E-state index in [0.717, 1.165) is 17.8 Å². The van der Waals surface area contributed by atoms with Crippen LogP contribution in [0.1, 0.15) is 32.1 Å². The van der Waals surface area contributed by atoms with Gasteiger partial charge in [-0.25, -0.2) is 0 Å². The van der Waals surface area contributed by atoms with Crippen LogP contribution >= 0.6 is 0 Å². The van der Waals surface area contributed by atoms with Crippen molar-refractivity contribution in [2.45, 2.75) is 43.7 Å². The van der Waals surface area contributed by atoms with Crippen LogP contribution in [0.5, 0.6) is 0 Å². The maximum absolute atomic E-state index is 6.34. The van der Waals surface area contributed by atoms with Crippen molar-refractivity contribution in [3.8, 4) is 0 Å². The van der Waals surface area contributed by atoms with E-state index in [4.69, 9.17) is 11.5 Å². The molecule has 0 radical (unpaired) electrons. The Morgan fingerprint density at radius 1 is 1.00 bits per heavy atom. The SMILES string of the molecule is N[C@@H]1C2C[C@@H]3C[C@H](C2)CC1(N)C3. The Kier molecular flexibility index (Phi) is 1.25. The Morgan fingerprint density at radius 3 is 2.08 bits per heavy atom. The van der Waals surface area contributed by atoms with E-state index in [0.29, 0.717) is 6.04 Å². The van der Waals surface area contributed by atoms with Gasteiger partial charge in [0.2, 0.25) is 0 Å². The van der Waals surface area contributed by atoms with Crippen LogP contribution in [-0.2, 0) is 0 Å². The van der Waals surface area contributed by atoms with Gasteiger partial charge in [0, 0.05) is 11.6 Å². The molecule has 5 atom stereocenters. The molecule has 0 amide bonds. The summed E-state index contributed by atoms with van der Waals surface area (Å²) in [7, 11) is 0. The molecule has 4 saturated carbocycles. The zero-order chi connectivity index (χ0) is 8.34. The van der Waals surface area contributed by atoms with E-state index >= 15 is 0 Å². The molecule has 2 unspecified atom stereocenters. The average Bonchev–Trinajstić information content (AvgIpc) is 1.98. The molecule has 0 saturated heterocycles. The number of rotatable bonds is 0. The normalized spacial score (nSPS) is 62.5. The molecule has 0 heterocycles. The highest BCUT2D eigenvalue weighted by atomic mass is 14.9. The Bertz CT molecular complexity index is 200. The lowest BCUT2D eigenvalue weighted by Crippen LogP contribution is -2.68. The topological polar surface area (TPSA) is 52.0 Å². The monoisotopic (exact) mass is 166 g/mol. The van der Waals surface area contributed by atoms with Gasteiger partial charge in [0.1, 0.15) is 0 Å². The minimum Gasteiger partial charge on any atom is -0.326 e. The lowest BCUT2D eigenvalue weighted by atomic mass is 9.51. The van der Waals surface area contributed by atoms with Crippen molar-refractivity contribution in [1.82, 2.24) is 0 Å². The van der Waals surface area contributed by atoms with Gasteiger partial charge in [-0.15, -0.1) is 0 Å². The van der Waals surface area contributed by atoms with Gasteiger partial charge in [-0.3, -0.25) is 0 Å². The zero-order valence-electron chi connectivity index (χ0n) is 7.50. The maximum atomic E-state index is 6.34. The average molecular weight is 166 g/mol. The second-order valence-corrected chi connectivity index (χ2v) is 5.37. The summed E-state index contributed by atoms with van der Waals surface area (Å²) in [5, 5.41) is 0. The van der Waals surface area contributed by atoms with Crippen molar-refractivity contribution >= 4 is 0 Å². The van der Waals surface area contributed by atoms with Crippen molar-refractivity contribution in [3.05, 3.63) is 0 Å². The Labute approximate surface area is 73.7 Å². The summed E-state index contributed by atoms with van der Waals surface area (Å²) in [5.41, 5.74) is 12.6. The summed E-state index contributed by atoms with van der Waals surface area (Å²) in [5.74, 6) is 2.61. The van der Waals surface area contributed by atoms with E-state index in [1.54, 1.807) is 0 Å². The van der Waals surface area contributed by atoms with E-state index < -0.39 is 0 Å². The number of nitrogens with two attached hydrogens (primary N) is 2. The van der Waals surface area contributed by atoms with Crippen LogP contribution in [0, 0.1) is 17.8 Å². The third-order valence-corrected chi connectivity index (χ3v) is 4.45. The molecule has 0 aromatic heterocycles. The molecule has 0 aliphatic heterocycles. The minimum atomic E-state index is 0.0365. The van der Waals surface area contributed by atoms with Crippen molar-refractivity contribution < 1.29 is 0 Å². The minimum absolute atomic E-state index is 0.0365. The molecular weight excluding hydrogens is 148 g/mol. The molecule has 0 aromatic carbocycles. The predicted octanol–water partition coefficient (Wildman–Crippen LogP) is 0.851. The first kappa shape index (κ1) is 7.34. The van der Waals surface area contributed by atoms with Crippen LogP contribution in [0.4, 0.5) is 0 Å². The van der Waals surface area contributed by atoms with Crippen molar-refractivity contribution in [3.63, 3.8) is 0 Å². The maximum Gasteiger partial charge on any atom is 0.0315 e. The molecule has 0 spiro atoms. The Balaban J connectivity index is 1.97. The number of hydrogen-bond acceptors (Lipinski definition) is 2. The standard InChI is InChI=1S/C10H18N2/c11-9-8-2-6-1-7(3-8)5-10(9,12)4-6/h6-9H,1-5,11-12H2/t6-,7+,8?,9-,10?/m1/s1. The molecule has 12 heavy (non-hydrogen) atoms. The van der Waals surface area contributed by atoms with E-state index in [-0.39, 0.29) is 5.54 Å². The van der Waals surface area contributed by atoms with Crippen LogP contribution in [0.25, 0.3) is 0 Å². The third-order valence-electron chi connectivity index (χ3n) is 4.45. The lowest BCUT2D eigenvalue weighted by molar-refractivity contribution is -0.0189. The molecule has 4 aliphatic rings. The highest BCUT2D eigenvalue weighted by molar-refractivity contribution is 5.11. The molecule has 2 nitrogen and oxygen atoms in total. The first-order chi connectivity index (χ1) is 5.67. The molecule has 4 fully saturated rings. The summed E-state index contributed by atoms with van der Waals surface area (Å²) in [6, 6.07) is 0.310. The fraction of sp³-hybridized carbons (Fsp3) is 1.00. The highest BCUT2D eigenvalue weighted by Gasteiger charge is 2.53. The third kappa shape index (κ3) is 0.775. The van der Waals surface area contributed by atoms with Gasteiger partial charge in [-0.1, -0.05) is 0 Å². The molecule has 2 heteroatoms. The van der Waals surface area contributed by atoms with Gasteiger partial charge in [-0.05, 0) is 49.9 Å². The zero-order valence-corrected chi connectivity index (χ0v) is 7.50.